The molecule has 2 aromatic carbocycles. The Morgan fingerprint density at radius 2 is 1.89 bits per heavy atom. The number of ether oxygens (including phenoxy) is 2. The zero-order valence-electron chi connectivity index (χ0n) is 15.3. The highest BCUT2D eigenvalue weighted by Gasteiger charge is 2.13. The molecule has 0 aliphatic heterocycles. The van der Waals surface area contributed by atoms with Crippen molar-refractivity contribution in [1.29, 1.82) is 0 Å². The molecule has 28 heavy (non-hydrogen) atoms. The van der Waals surface area contributed by atoms with E-state index in [9.17, 15) is 4.79 Å². The van der Waals surface area contributed by atoms with E-state index in [1.807, 2.05) is 38.1 Å². The minimum atomic E-state index is -0.331. The van der Waals surface area contributed by atoms with Gasteiger partial charge in [-0.25, -0.2) is 4.98 Å². The molecule has 0 saturated heterocycles. The lowest BCUT2D eigenvalue weighted by Crippen LogP contribution is -2.20. The van der Waals surface area contributed by atoms with Crippen LogP contribution in [0.15, 0.2) is 42.5 Å². The first-order valence-corrected chi connectivity index (χ1v) is 10.1. The van der Waals surface area contributed by atoms with E-state index < -0.39 is 0 Å². The summed E-state index contributed by atoms with van der Waals surface area (Å²) in [5.41, 5.74) is 1.78. The van der Waals surface area contributed by atoms with Crippen LogP contribution in [-0.4, -0.2) is 24.1 Å². The average molecular weight is 437 g/mol. The van der Waals surface area contributed by atoms with Crippen molar-refractivity contribution in [2.45, 2.75) is 13.8 Å². The fourth-order valence-corrected chi connectivity index (χ4v) is 3.67. The van der Waals surface area contributed by atoms with E-state index in [4.69, 9.17) is 32.7 Å². The number of aromatic nitrogens is 1. The summed E-state index contributed by atoms with van der Waals surface area (Å²) in [5, 5.41) is 4.13. The first kappa shape index (κ1) is 20.5. The summed E-state index contributed by atoms with van der Waals surface area (Å²) in [6, 6.07) is 12.5. The maximum Gasteiger partial charge on any atom is 0.264 e. The van der Waals surface area contributed by atoms with Crippen molar-refractivity contribution in [3.63, 3.8) is 0 Å². The minimum Gasteiger partial charge on any atom is -0.494 e. The molecule has 146 valence electrons. The van der Waals surface area contributed by atoms with Crippen LogP contribution in [0.3, 0.4) is 0 Å². The predicted molar refractivity (Wildman–Crippen MR) is 114 cm³/mol. The molecule has 0 spiro atoms. The van der Waals surface area contributed by atoms with E-state index in [1.165, 1.54) is 11.3 Å². The maximum atomic E-state index is 12.2. The second-order valence-corrected chi connectivity index (χ2v) is 7.84. The highest BCUT2D eigenvalue weighted by Crippen LogP contribution is 2.31. The van der Waals surface area contributed by atoms with Crippen LogP contribution in [0.2, 0.25) is 10.0 Å². The van der Waals surface area contributed by atoms with Crippen molar-refractivity contribution >= 4 is 45.6 Å². The Bertz CT molecular complexity index is 974. The van der Waals surface area contributed by atoms with Gasteiger partial charge in [-0.3, -0.25) is 10.1 Å². The van der Waals surface area contributed by atoms with Crippen LogP contribution in [0.4, 0.5) is 5.13 Å². The summed E-state index contributed by atoms with van der Waals surface area (Å²) >= 11 is 13.3. The molecule has 1 aromatic heterocycles. The van der Waals surface area contributed by atoms with Gasteiger partial charge in [0, 0.05) is 21.5 Å². The summed E-state index contributed by atoms with van der Waals surface area (Å²) in [5.74, 6) is 0.835. The second-order valence-electron chi connectivity index (χ2n) is 5.79. The Kier molecular flexibility index (Phi) is 6.78. The van der Waals surface area contributed by atoms with Crippen LogP contribution in [0.25, 0.3) is 11.3 Å². The lowest BCUT2D eigenvalue weighted by Gasteiger charge is -2.07. The van der Waals surface area contributed by atoms with E-state index in [0.717, 1.165) is 21.9 Å². The third-order valence-corrected chi connectivity index (χ3v) is 5.17. The number of nitrogens with zero attached hydrogens (tertiary/aromatic N) is 1. The van der Waals surface area contributed by atoms with Crippen molar-refractivity contribution in [1.82, 2.24) is 4.98 Å². The number of hydrogen-bond donors (Lipinski definition) is 1. The summed E-state index contributed by atoms with van der Waals surface area (Å²) in [7, 11) is 0. The largest absolute Gasteiger partial charge is 0.494 e. The van der Waals surface area contributed by atoms with Crippen LogP contribution < -0.4 is 14.8 Å². The standard InChI is InChI=1S/C20H18Cl2N2O3S/c1-3-26-15-7-4-13(5-8-15)19-12(2)28-20(24-19)23-18(25)11-27-17-10-14(21)6-9-16(17)22/h4-10H,3,11H2,1-2H3,(H,23,24,25). The normalized spacial score (nSPS) is 10.6. The molecule has 5 nitrogen and oxygen atoms in total. The number of halogens is 2. The molecule has 0 unspecified atom stereocenters. The lowest BCUT2D eigenvalue weighted by molar-refractivity contribution is -0.118. The molecule has 1 amide bonds. The van der Waals surface area contributed by atoms with Gasteiger partial charge in [-0.2, -0.15) is 0 Å². The van der Waals surface area contributed by atoms with Crippen LogP contribution >= 0.6 is 34.5 Å². The molecule has 3 aromatic rings. The van der Waals surface area contributed by atoms with Crippen LogP contribution in [0.5, 0.6) is 11.5 Å². The van der Waals surface area contributed by atoms with E-state index in [1.54, 1.807) is 18.2 Å². The zero-order chi connectivity index (χ0) is 20.1. The molecule has 0 saturated carbocycles. The van der Waals surface area contributed by atoms with E-state index in [2.05, 4.69) is 10.3 Å². The predicted octanol–water partition coefficient (Wildman–Crippen LogP) is 5.84. The molecular formula is C20H18Cl2N2O3S. The molecule has 0 radical (unpaired) electrons. The number of anilines is 1. The second kappa shape index (κ2) is 9.28. The van der Waals surface area contributed by atoms with Gasteiger partial charge in [0.05, 0.1) is 17.3 Å². The summed E-state index contributed by atoms with van der Waals surface area (Å²) < 4.78 is 10.9. The Morgan fingerprint density at radius 1 is 1.14 bits per heavy atom. The van der Waals surface area contributed by atoms with Crippen LogP contribution in [0.1, 0.15) is 11.8 Å². The lowest BCUT2D eigenvalue weighted by atomic mass is 10.1. The monoisotopic (exact) mass is 436 g/mol. The first-order chi connectivity index (χ1) is 13.5. The first-order valence-electron chi connectivity index (χ1n) is 8.54. The fourth-order valence-electron chi connectivity index (χ4n) is 2.48. The van der Waals surface area contributed by atoms with Gasteiger partial charge < -0.3 is 9.47 Å². The molecule has 0 atom stereocenters. The van der Waals surface area contributed by atoms with Crippen molar-refractivity contribution < 1.29 is 14.3 Å². The Morgan fingerprint density at radius 3 is 2.61 bits per heavy atom. The molecular weight excluding hydrogens is 419 g/mol. The van der Waals surface area contributed by atoms with Crippen molar-refractivity contribution in [2.24, 2.45) is 0 Å². The van der Waals surface area contributed by atoms with Crippen molar-refractivity contribution in [3.05, 3.63) is 57.4 Å². The summed E-state index contributed by atoms with van der Waals surface area (Å²) in [4.78, 5) is 17.7. The third kappa shape index (κ3) is 5.16. The summed E-state index contributed by atoms with van der Waals surface area (Å²) in [6.07, 6.45) is 0. The SMILES string of the molecule is CCOc1ccc(-c2nc(NC(=O)COc3cc(Cl)ccc3Cl)sc2C)cc1. The number of hydrogen-bond acceptors (Lipinski definition) is 5. The molecule has 0 aliphatic carbocycles. The number of rotatable bonds is 7. The van der Waals surface area contributed by atoms with Gasteiger partial charge in [0.15, 0.2) is 11.7 Å². The van der Waals surface area contributed by atoms with E-state index in [0.29, 0.717) is 27.5 Å². The highest BCUT2D eigenvalue weighted by molar-refractivity contribution is 7.16. The number of thiazole rings is 1. The minimum absolute atomic E-state index is 0.197. The average Bonchev–Trinajstić information content (AvgIpc) is 3.03. The number of carbonyl (C=O) groups excluding carboxylic acids is 1. The Hall–Kier alpha value is -2.28. The Balaban J connectivity index is 1.64. The van der Waals surface area contributed by atoms with Gasteiger partial charge in [0.2, 0.25) is 0 Å². The van der Waals surface area contributed by atoms with Crippen molar-refractivity contribution in [3.8, 4) is 22.8 Å². The van der Waals surface area contributed by atoms with Gasteiger partial charge >= 0.3 is 0 Å². The van der Waals surface area contributed by atoms with Crippen LogP contribution in [-0.2, 0) is 4.79 Å². The number of benzene rings is 2. The third-order valence-electron chi connectivity index (χ3n) is 3.73. The number of aryl methyl sites for hydroxylation is 1. The van der Waals surface area contributed by atoms with Crippen molar-refractivity contribution in [2.75, 3.05) is 18.5 Å². The van der Waals surface area contributed by atoms with Gasteiger partial charge in [-0.05, 0) is 50.2 Å². The maximum absolute atomic E-state index is 12.2. The van der Waals surface area contributed by atoms with Crippen LogP contribution in [0, 0.1) is 6.92 Å². The molecule has 3 rings (SSSR count). The van der Waals surface area contributed by atoms with Gasteiger partial charge in [0.25, 0.3) is 5.91 Å². The molecule has 0 aliphatic rings. The molecule has 1 N–H and O–H groups in total. The number of amides is 1. The number of carbonyl (C=O) groups is 1. The molecule has 8 heteroatoms. The highest BCUT2D eigenvalue weighted by atomic mass is 35.5. The quantitative estimate of drug-likeness (QED) is 0.504. The van der Waals surface area contributed by atoms with Gasteiger partial charge in [-0.15, -0.1) is 11.3 Å². The molecule has 0 fully saturated rings. The molecule has 0 bridgehead atoms. The molecule has 1 heterocycles. The topological polar surface area (TPSA) is 60.5 Å². The zero-order valence-corrected chi connectivity index (χ0v) is 17.6. The van der Waals surface area contributed by atoms with E-state index in [-0.39, 0.29) is 12.5 Å². The van der Waals surface area contributed by atoms with Gasteiger partial charge in [-0.1, -0.05) is 23.2 Å². The van der Waals surface area contributed by atoms with Gasteiger partial charge in [0.1, 0.15) is 11.5 Å². The number of nitrogens with one attached hydrogen (secondary N) is 1. The van der Waals surface area contributed by atoms with E-state index >= 15 is 0 Å². The summed E-state index contributed by atoms with van der Waals surface area (Å²) in [6.45, 7) is 4.32. The fraction of sp³-hybridized carbons (Fsp3) is 0.200. The smallest absolute Gasteiger partial charge is 0.264 e. The Labute approximate surface area is 177 Å².